The molecule has 2 atom stereocenters. The minimum atomic E-state index is 0.546. The summed E-state index contributed by atoms with van der Waals surface area (Å²) in [5, 5.41) is 0. The molecule has 1 aromatic rings. The molecule has 1 heteroatoms. The number of hydrogen-bond acceptors (Lipinski definition) is 1. The van der Waals surface area contributed by atoms with Gasteiger partial charge in [-0.3, -0.25) is 0 Å². The van der Waals surface area contributed by atoms with E-state index >= 15 is 0 Å². The van der Waals surface area contributed by atoms with Crippen molar-refractivity contribution in [3.05, 3.63) is 35.9 Å². The maximum absolute atomic E-state index is 5.49. The first-order chi connectivity index (χ1) is 6.40. The summed E-state index contributed by atoms with van der Waals surface area (Å²) in [6.45, 7) is 2.19. The second-order valence-corrected chi connectivity index (χ2v) is 3.65. The van der Waals surface area contributed by atoms with Gasteiger partial charge in [0.15, 0.2) is 0 Å². The van der Waals surface area contributed by atoms with Gasteiger partial charge in [-0.05, 0) is 24.8 Å². The van der Waals surface area contributed by atoms with Gasteiger partial charge in [0.1, 0.15) is 0 Å². The second-order valence-electron chi connectivity index (χ2n) is 3.65. The summed E-state index contributed by atoms with van der Waals surface area (Å²) in [5.74, 6) is 0. The summed E-state index contributed by atoms with van der Waals surface area (Å²) in [5.41, 5.74) is 1.42. The van der Waals surface area contributed by atoms with Gasteiger partial charge in [0.2, 0.25) is 0 Å². The first-order valence-electron chi connectivity index (χ1n) is 5.09. The summed E-state index contributed by atoms with van der Waals surface area (Å²) in [7, 11) is 0. The van der Waals surface area contributed by atoms with Gasteiger partial charge in [-0.2, -0.15) is 0 Å². The Morgan fingerprint density at radius 3 is 2.54 bits per heavy atom. The normalized spacial score (nSPS) is 25.9. The summed E-state index contributed by atoms with van der Waals surface area (Å²) >= 11 is 0. The first-order valence-corrected chi connectivity index (χ1v) is 5.09. The molecule has 2 unspecified atom stereocenters. The third kappa shape index (κ3) is 2.31. The average molecular weight is 176 g/mol. The quantitative estimate of drug-likeness (QED) is 0.643. The molecule has 1 heterocycles. The van der Waals surface area contributed by atoms with E-state index in [-0.39, 0.29) is 0 Å². The van der Waals surface area contributed by atoms with E-state index in [1.807, 2.05) is 0 Å². The highest BCUT2D eigenvalue weighted by atomic mass is 16.6. The van der Waals surface area contributed by atoms with Crippen LogP contribution in [-0.4, -0.2) is 12.2 Å². The SMILES string of the molecule is CCC1OC1CCc1ccccc1. The third-order valence-corrected chi connectivity index (χ3v) is 2.65. The number of benzene rings is 1. The van der Waals surface area contributed by atoms with Crippen LogP contribution in [-0.2, 0) is 11.2 Å². The van der Waals surface area contributed by atoms with Gasteiger partial charge in [-0.15, -0.1) is 0 Å². The molecule has 1 nitrogen and oxygen atoms in total. The lowest BCUT2D eigenvalue weighted by atomic mass is 10.1. The maximum atomic E-state index is 5.49. The van der Waals surface area contributed by atoms with E-state index in [9.17, 15) is 0 Å². The van der Waals surface area contributed by atoms with Gasteiger partial charge in [0, 0.05) is 0 Å². The molecule has 70 valence electrons. The number of epoxide rings is 1. The zero-order valence-corrected chi connectivity index (χ0v) is 8.07. The second kappa shape index (κ2) is 3.93. The van der Waals surface area contributed by atoms with E-state index < -0.39 is 0 Å². The van der Waals surface area contributed by atoms with E-state index in [1.54, 1.807) is 0 Å². The fourth-order valence-corrected chi connectivity index (χ4v) is 1.75. The van der Waals surface area contributed by atoms with Gasteiger partial charge < -0.3 is 4.74 Å². The van der Waals surface area contributed by atoms with Gasteiger partial charge in [0.05, 0.1) is 12.2 Å². The van der Waals surface area contributed by atoms with Crippen LogP contribution in [0.15, 0.2) is 30.3 Å². The van der Waals surface area contributed by atoms with Crippen molar-refractivity contribution in [3.8, 4) is 0 Å². The zero-order chi connectivity index (χ0) is 9.10. The molecule has 0 bridgehead atoms. The van der Waals surface area contributed by atoms with Crippen molar-refractivity contribution in [2.24, 2.45) is 0 Å². The topological polar surface area (TPSA) is 12.5 Å². The van der Waals surface area contributed by atoms with Crippen LogP contribution in [0.4, 0.5) is 0 Å². The molecule has 0 amide bonds. The Labute approximate surface area is 79.7 Å². The maximum Gasteiger partial charge on any atom is 0.0845 e. The number of hydrogen-bond donors (Lipinski definition) is 0. The molecule has 1 aliphatic rings. The molecule has 1 aliphatic heterocycles. The summed E-state index contributed by atoms with van der Waals surface area (Å²) < 4.78 is 5.49. The molecule has 0 radical (unpaired) electrons. The Kier molecular flexibility index (Phi) is 2.65. The monoisotopic (exact) mass is 176 g/mol. The molecule has 0 N–H and O–H groups in total. The van der Waals surface area contributed by atoms with E-state index in [0.717, 1.165) is 6.42 Å². The van der Waals surface area contributed by atoms with Crippen LogP contribution in [0.5, 0.6) is 0 Å². The van der Waals surface area contributed by atoms with Crippen molar-refractivity contribution in [1.29, 1.82) is 0 Å². The lowest BCUT2D eigenvalue weighted by Crippen LogP contribution is -1.95. The first kappa shape index (κ1) is 8.76. The van der Waals surface area contributed by atoms with Gasteiger partial charge in [-0.25, -0.2) is 0 Å². The van der Waals surface area contributed by atoms with Crippen LogP contribution >= 0.6 is 0 Å². The van der Waals surface area contributed by atoms with Crippen molar-refractivity contribution in [3.63, 3.8) is 0 Å². The van der Waals surface area contributed by atoms with E-state index in [2.05, 4.69) is 37.3 Å². The Balaban J connectivity index is 1.75. The number of ether oxygens (including phenoxy) is 1. The number of aryl methyl sites for hydroxylation is 1. The summed E-state index contributed by atoms with van der Waals surface area (Å²) in [4.78, 5) is 0. The molecule has 0 aromatic heterocycles. The van der Waals surface area contributed by atoms with E-state index in [1.165, 1.54) is 18.4 Å². The van der Waals surface area contributed by atoms with Crippen LogP contribution in [0.3, 0.4) is 0 Å². The minimum Gasteiger partial charge on any atom is -0.370 e. The Morgan fingerprint density at radius 1 is 1.15 bits per heavy atom. The fourth-order valence-electron chi connectivity index (χ4n) is 1.75. The molecular formula is C12H16O. The summed E-state index contributed by atoms with van der Waals surface area (Å²) in [6.07, 6.45) is 4.61. The molecule has 2 rings (SSSR count). The lowest BCUT2D eigenvalue weighted by molar-refractivity contribution is 0.360. The smallest absolute Gasteiger partial charge is 0.0845 e. The Hall–Kier alpha value is -0.820. The van der Waals surface area contributed by atoms with E-state index in [4.69, 9.17) is 4.74 Å². The molecule has 13 heavy (non-hydrogen) atoms. The molecule has 1 fully saturated rings. The lowest BCUT2D eigenvalue weighted by Gasteiger charge is -1.97. The third-order valence-electron chi connectivity index (χ3n) is 2.65. The standard InChI is InChI=1S/C12H16O/c1-2-11-12(13-11)9-8-10-6-4-3-5-7-10/h3-7,11-12H,2,8-9H2,1H3. The number of rotatable bonds is 4. The van der Waals surface area contributed by atoms with Gasteiger partial charge >= 0.3 is 0 Å². The average Bonchev–Trinajstić information content (AvgIpc) is 2.95. The van der Waals surface area contributed by atoms with Crippen molar-refractivity contribution in [2.45, 2.75) is 38.4 Å². The van der Waals surface area contributed by atoms with Crippen molar-refractivity contribution in [2.75, 3.05) is 0 Å². The zero-order valence-electron chi connectivity index (χ0n) is 8.07. The largest absolute Gasteiger partial charge is 0.370 e. The highest BCUT2D eigenvalue weighted by molar-refractivity contribution is 5.15. The Morgan fingerprint density at radius 2 is 1.92 bits per heavy atom. The highest BCUT2D eigenvalue weighted by Crippen LogP contribution is 2.28. The van der Waals surface area contributed by atoms with Crippen LogP contribution in [0.1, 0.15) is 25.3 Å². The molecule has 0 aliphatic carbocycles. The molecule has 1 saturated heterocycles. The van der Waals surface area contributed by atoms with Crippen molar-refractivity contribution < 1.29 is 4.74 Å². The van der Waals surface area contributed by atoms with E-state index in [0.29, 0.717) is 12.2 Å². The molecular weight excluding hydrogens is 160 g/mol. The Bertz CT molecular complexity index is 255. The molecule has 0 spiro atoms. The van der Waals surface area contributed by atoms with Crippen LogP contribution in [0.2, 0.25) is 0 Å². The van der Waals surface area contributed by atoms with Crippen molar-refractivity contribution >= 4 is 0 Å². The van der Waals surface area contributed by atoms with Gasteiger partial charge in [0.25, 0.3) is 0 Å². The van der Waals surface area contributed by atoms with Crippen LogP contribution in [0.25, 0.3) is 0 Å². The minimum absolute atomic E-state index is 0.546. The fraction of sp³-hybridized carbons (Fsp3) is 0.500. The predicted octanol–water partition coefficient (Wildman–Crippen LogP) is 2.80. The predicted molar refractivity (Wildman–Crippen MR) is 53.7 cm³/mol. The summed E-state index contributed by atoms with van der Waals surface area (Å²) in [6, 6.07) is 10.6. The van der Waals surface area contributed by atoms with Crippen LogP contribution in [0, 0.1) is 0 Å². The highest BCUT2D eigenvalue weighted by Gasteiger charge is 2.35. The van der Waals surface area contributed by atoms with Gasteiger partial charge in [-0.1, -0.05) is 37.3 Å². The van der Waals surface area contributed by atoms with Crippen LogP contribution < -0.4 is 0 Å². The molecule has 0 saturated carbocycles. The van der Waals surface area contributed by atoms with Crippen molar-refractivity contribution in [1.82, 2.24) is 0 Å². The molecule has 1 aromatic carbocycles.